The van der Waals surface area contributed by atoms with Crippen LogP contribution in [-0.4, -0.2) is 28.5 Å². The van der Waals surface area contributed by atoms with Gasteiger partial charge in [0.25, 0.3) is 0 Å². The highest BCUT2D eigenvalue weighted by molar-refractivity contribution is 6.00. The Kier molecular flexibility index (Phi) is 3.53. The third kappa shape index (κ3) is 2.65. The van der Waals surface area contributed by atoms with Crippen LogP contribution in [0.3, 0.4) is 0 Å². The number of anilines is 1. The molecule has 2 heterocycles. The van der Waals surface area contributed by atoms with Gasteiger partial charge in [-0.2, -0.15) is 0 Å². The monoisotopic (exact) mass is 336 g/mol. The number of carboxylic acids is 1. The van der Waals surface area contributed by atoms with Crippen LogP contribution < -0.4 is 4.90 Å². The van der Waals surface area contributed by atoms with E-state index in [1.807, 2.05) is 31.2 Å². The van der Waals surface area contributed by atoms with Crippen molar-refractivity contribution >= 4 is 28.7 Å². The van der Waals surface area contributed by atoms with Crippen molar-refractivity contribution in [1.29, 1.82) is 0 Å². The summed E-state index contributed by atoms with van der Waals surface area (Å²) in [6.45, 7) is 2.17. The maximum absolute atomic E-state index is 12.1. The van der Waals surface area contributed by atoms with Crippen molar-refractivity contribution in [3.63, 3.8) is 0 Å². The van der Waals surface area contributed by atoms with Gasteiger partial charge in [0.2, 0.25) is 11.8 Å². The second-order valence-electron chi connectivity index (χ2n) is 6.23. The number of oxazole rings is 1. The number of amides is 1. The van der Waals surface area contributed by atoms with Crippen molar-refractivity contribution in [2.45, 2.75) is 13.3 Å². The predicted octanol–water partition coefficient (Wildman–Crippen LogP) is 3.24. The molecule has 1 saturated heterocycles. The normalized spacial score (nSPS) is 17.4. The lowest BCUT2D eigenvalue weighted by Crippen LogP contribution is -2.25. The van der Waals surface area contributed by atoms with Crippen LogP contribution in [-0.2, 0) is 9.59 Å². The first-order valence-electron chi connectivity index (χ1n) is 8.02. The highest BCUT2D eigenvalue weighted by Gasteiger charge is 2.35. The summed E-state index contributed by atoms with van der Waals surface area (Å²) in [6.07, 6.45) is 0.0260. The van der Waals surface area contributed by atoms with E-state index in [0.29, 0.717) is 22.7 Å². The van der Waals surface area contributed by atoms with Gasteiger partial charge in [-0.05, 0) is 30.7 Å². The molecule has 1 aliphatic heterocycles. The minimum Gasteiger partial charge on any atom is -0.481 e. The Morgan fingerprint density at radius 1 is 1.28 bits per heavy atom. The van der Waals surface area contributed by atoms with Gasteiger partial charge in [0.15, 0.2) is 5.58 Å². The van der Waals surface area contributed by atoms with E-state index in [0.717, 1.165) is 11.1 Å². The molecular formula is C19H16N2O4. The number of aryl methyl sites for hydroxylation is 1. The summed E-state index contributed by atoms with van der Waals surface area (Å²) in [7, 11) is 0. The number of hydrogen-bond donors (Lipinski definition) is 1. The molecule has 2 aromatic carbocycles. The third-order valence-corrected chi connectivity index (χ3v) is 4.53. The van der Waals surface area contributed by atoms with E-state index in [2.05, 4.69) is 4.98 Å². The fraction of sp³-hybridized carbons (Fsp3) is 0.211. The number of rotatable bonds is 3. The molecule has 6 nitrogen and oxygen atoms in total. The van der Waals surface area contributed by atoms with Crippen LogP contribution in [0, 0.1) is 12.8 Å². The first kappa shape index (κ1) is 15.4. The molecule has 0 saturated carbocycles. The molecule has 0 radical (unpaired) electrons. The van der Waals surface area contributed by atoms with Crippen molar-refractivity contribution in [1.82, 2.24) is 4.98 Å². The van der Waals surface area contributed by atoms with Gasteiger partial charge in [-0.25, -0.2) is 4.98 Å². The molecule has 0 bridgehead atoms. The number of fused-ring (bicyclic) bond motifs is 1. The molecule has 1 unspecified atom stereocenters. The molecule has 1 aromatic heterocycles. The second kappa shape index (κ2) is 5.73. The Hall–Kier alpha value is -3.15. The van der Waals surface area contributed by atoms with Gasteiger partial charge in [-0.3, -0.25) is 9.59 Å². The van der Waals surface area contributed by atoms with Gasteiger partial charge in [0.1, 0.15) is 5.52 Å². The summed E-state index contributed by atoms with van der Waals surface area (Å²) in [5.41, 5.74) is 3.89. The SMILES string of the molecule is Cc1ccccc1-c1nc2ccc(N3CC(C(=O)O)CC3=O)cc2o1. The molecule has 1 amide bonds. The lowest BCUT2D eigenvalue weighted by Gasteiger charge is -2.15. The molecule has 1 fully saturated rings. The van der Waals surface area contributed by atoms with Crippen LogP contribution in [0.4, 0.5) is 5.69 Å². The average molecular weight is 336 g/mol. The molecule has 126 valence electrons. The minimum atomic E-state index is -0.946. The summed E-state index contributed by atoms with van der Waals surface area (Å²) in [6, 6.07) is 13.1. The average Bonchev–Trinajstić information content (AvgIpc) is 3.18. The lowest BCUT2D eigenvalue weighted by molar-refractivity contribution is -0.141. The second-order valence-corrected chi connectivity index (χ2v) is 6.23. The molecule has 3 aromatic rings. The number of carbonyl (C=O) groups excluding carboxylic acids is 1. The highest BCUT2D eigenvalue weighted by Crippen LogP contribution is 2.31. The molecule has 0 aliphatic carbocycles. The Bertz CT molecular complexity index is 992. The minimum absolute atomic E-state index is 0.0260. The maximum Gasteiger partial charge on any atom is 0.308 e. The van der Waals surface area contributed by atoms with Crippen LogP contribution in [0.5, 0.6) is 0 Å². The molecule has 1 aliphatic rings. The Morgan fingerprint density at radius 3 is 2.80 bits per heavy atom. The fourth-order valence-electron chi connectivity index (χ4n) is 3.13. The van der Waals surface area contributed by atoms with Crippen LogP contribution in [0.25, 0.3) is 22.6 Å². The summed E-state index contributed by atoms with van der Waals surface area (Å²) < 4.78 is 5.88. The first-order valence-corrected chi connectivity index (χ1v) is 8.02. The van der Waals surface area contributed by atoms with Crippen LogP contribution in [0.2, 0.25) is 0 Å². The molecule has 6 heteroatoms. The van der Waals surface area contributed by atoms with E-state index in [4.69, 9.17) is 9.52 Å². The number of aromatic nitrogens is 1. The Morgan fingerprint density at radius 2 is 2.08 bits per heavy atom. The van der Waals surface area contributed by atoms with E-state index >= 15 is 0 Å². The number of hydrogen-bond acceptors (Lipinski definition) is 4. The van der Waals surface area contributed by atoms with E-state index in [1.54, 1.807) is 18.2 Å². The van der Waals surface area contributed by atoms with Crippen molar-refractivity contribution < 1.29 is 19.1 Å². The van der Waals surface area contributed by atoms with Gasteiger partial charge in [-0.1, -0.05) is 18.2 Å². The number of aliphatic carboxylic acids is 1. The van der Waals surface area contributed by atoms with Crippen LogP contribution in [0.1, 0.15) is 12.0 Å². The van der Waals surface area contributed by atoms with E-state index in [9.17, 15) is 9.59 Å². The topological polar surface area (TPSA) is 83.6 Å². The first-order chi connectivity index (χ1) is 12.0. The van der Waals surface area contributed by atoms with Crippen LogP contribution in [0.15, 0.2) is 46.9 Å². The number of carboxylic acid groups (broad SMARTS) is 1. The van der Waals surface area contributed by atoms with Gasteiger partial charge < -0.3 is 14.4 Å². The zero-order valence-corrected chi connectivity index (χ0v) is 13.6. The predicted molar refractivity (Wildman–Crippen MR) is 92.3 cm³/mol. The van der Waals surface area contributed by atoms with E-state index in [-0.39, 0.29) is 18.9 Å². The van der Waals surface area contributed by atoms with Crippen molar-refractivity contribution in [3.8, 4) is 11.5 Å². The molecule has 1 atom stereocenters. The fourth-order valence-corrected chi connectivity index (χ4v) is 3.13. The number of benzene rings is 2. The van der Waals surface area contributed by atoms with E-state index in [1.165, 1.54) is 4.90 Å². The molecule has 4 rings (SSSR count). The zero-order chi connectivity index (χ0) is 17.6. The molecule has 1 N–H and O–H groups in total. The summed E-state index contributed by atoms with van der Waals surface area (Å²) in [5, 5.41) is 9.12. The van der Waals surface area contributed by atoms with E-state index < -0.39 is 11.9 Å². The smallest absolute Gasteiger partial charge is 0.308 e. The van der Waals surface area contributed by atoms with Crippen LogP contribution >= 0.6 is 0 Å². The third-order valence-electron chi connectivity index (χ3n) is 4.53. The van der Waals surface area contributed by atoms with Gasteiger partial charge >= 0.3 is 5.97 Å². The maximum atomic E-state index is 12.1. The lowest BCUT2D eigenvalue weighted by atomic mass is 10.1. The van der Waals surface area contributed by atoms with Gasteiger partial charge in [-0.15, -0.1) is 0 Å². The number of carbonyl (C=O) groups is 2. The summed E-state index contributed by atoms with van der Waals surface area (Å²) in [5.74, 6) is -1.27. The standard InChI is InChI=1S/C19H16N2O4/c1-11-4-2-3-5-14(11)18-20-15-7-6-13(9-16(15)25-18)21-10-12(19(23)24)8-17(21)22/h2-7,9,12H,8,10H2,1H3,(H,23,24). The highest BCUT2D eigenvalue weighted by atomic mass is 16.4. The van der Waals surface area contributed by atoms with Crippen molar-refractivity contribution in [2.24, 2.45) is 5.92 Å². The molecular weight excluding hydrogens is 320 g/mol. The largest absolute Gasteiger partial charge is 0.481 e. The van der Waals surface area contributed by atoms with Gasteiger partial charge in [0.05, 0.1) is 5.92 Å². The van der Waals surface area contributed by atoms with Gasteiger partial charge in [0, 0.05) is 30.3 Å². The summed E-state index contributed by atoms with van der Waals surface area (Å²) in [4.78, 5) is 29.2. The quantitative estimate of drug-likeness (QED) is 0.794. The Labute approximate surface area is 143 Å². The van der Waals surface area contributed by atoms with Crippen molar-refractivity contribution in [2.75, 3.05) is 11.4 Å². The van der Waals surface area contributed by atoms with Crippen molar-refractivity contribution in [3.05, 3.63) is 48.0 Å². The zero-order valence-electron chi connectivity index (χ0n) is 13.6. The molecule has 0 spiro atoms. The summed E-state index contributed by atoms with van der Waals surface area (Å²) >= 11 is 0. The Balaban J connectivity index is 1.71. The molecule has 25 heavy (non-hydrogen) atoms. The number of nitrogens with zero attached hydrogens (tertiary/aromatic N) is 2.